The third kappa shape index (κ3) is 3.85. The summed E-state index contributed by atoms with van der Waals surface area (Å²) in [6.45, 7) is 6.19. The van der Waals surface area contributed by atoms with Crippen LogP contribution in [-0.4, -0.2) is 30.0 Å². The Bertz CT molecular complexity index is 252. The van der Waals surface area contributed by atoms with Gasteiger partial charge in [0.2, 0.25) is 0 Å². The highest BCUT2D eigenvalue weighted by Gasteiger charge is 1.93. The van der Waals surface area contributed by atoms with Crippen LogP contribution in [0.2, 0.25) is 0 Å². The number of nitrogens with one attached hydrogen (secondary N) is 1. The number of aromatic nitrogens is 2. The van der Waals surface area contributed by atoms with Gasteiger partial charge >= 0.3 is 0 Å². The van der Waals surface area contributed by atoms with Gasteiger partial charge in [0.25, 0.3) is 0 Å². The minimum absolute atomic E-state index is 0.701. The lowest BCUT2D eigenvalue weighted by molar-refractivity contribution is 0.158. The first-order chi connectivity index (χ1) is 6.33. The van der Waals surface area contributed by atoms with Gasteiger partial charge in [-0.25, -0.2) is 0 Å². The first kappa shape index (κ1) is 9.92. The molecule has 0 amide bonds. The van der Waals surface area contributed by atoms with Gasteiger partial charge in [0.15, 0.2) is 0 Å². The Morgan fingerprint density at radius 1 is 1.54 bits per heavy atom. The Morgan fingerprint density at radius 2 is 2.38 bits per heavy atom. The lowest BCUT2D eigenvalue weighted by Gasteiger charge is -2.04. The van der Waals surface area contributed by atoms with Gasteiger partial charge in [0.05, 0.1) is 12.8 Å². The van der Waals surface area contributed by atoms with E-state index in [0.29, 0.717) is 6.61 Å². The van der Waals surface area contributed by atoms with Crippen molar-refractivity contribution in [3.8, 4) is 0 Å². The van der Waals surface area contributed by atoms with Crippen molar-refractivity contribution < 1.29 is 4.74 Å². The fraction of sp³-hybridized carbons (Fsp3) is 0.556. The number of aryl methyl sites for hydroxylation is 1. The molecular formula is C9H15N3O. The fourth-order valence-electron chi connectivity index (χ4n) is 0.946. The molecule has 1 rings (SSSR count). The van der Waals surface area contributed by atoms with Gasteiger partial charge in [-0.15, -0.1) is 5.10 Å². The van der Waals surface area contributed by atoms with Crippen molar-refractivity contribution in [2.24, 2.45) is 0 Å². The van der Waals surface area contributed by atoms with E-state index in [1.54, 1.807) is 6.20 Å². The van der Waals surface area contributed by atoms with Crippen LogP contribution in [0.3, 0.4) is 0 Å². The second-order valence-corrected chi connectivity index (χ2v) is 2.74. The van der Waals surface area contributed by atoms with E-state index >= 15 is 0 Å². The zero-order valence-corrected chi connectivity index (χ0v) is 8.08. The average molecular weight is 181 g/mol. The number of hydrogen-bond acceptors (Lipinski definition) is 4. The molecule has 0 fully saturated rings. The molecule has 72 valence electrons. The lowest BCUT2D eigenvalue weighted by Crippen LogP contribution is -2.10. The lowest BCUT2D eigenvalue weighted by atomic mass is 10.3. The molecule has 0 atom stereocenters. The smallest absolute Gasteiger partial charge is 0.148 e. The number of nitrogens with zero attached hydrogens (tertiary/aromatic N) is 2. The predicted octanol–water partition coefficient (Wildman–Crippen LogP) is 1.23. The molecule has 0 aliphatic heterocycles. The van der Waals surface area contributed by atoms with Crippen LogP contribution in [0.5, 0.6) is 0 Å². The molecule has 4 heteroatoms. The largest absolute Gasteiger partial charge is 0.380 e. The summed E-state index contributed by atoms with van der Waals surface area (Å²) in [6.07, 6.45) is 1.73. The molecular weight excluding hydrogens is 166 g/mol. The third-order valence-corrected chi connectivity index (χ3v) is 1.55. The van der Waals surface area contributed by atoms with Crippen LogP contribution in [0.15, 0.2) is 12.3 Å². The van der Waals surface area contributed by atoms with E-state index in [0.717, 1.165) is 24.5 Å². The SMILES string of the molecule is CCOCCNc1cc(C)cnn1. The maximum Gasteiger partial charge on any atom is 0.148 e. The normalized spacial score (nSPS) is 10.0. The number of anilines is 1. The molecule has 1 aromatic rings. The number of ether oxygens (including phenoxy) is 1. The molecule has 1 aromatic heterocycles. The molecule has 0 bridgehead atoms. The summed E-state index contributed by atoms with van der Waals surface area (Å²) in [7, 11) is 0. The van der Waals surface area contributed by atoms with Crippen molar-refractivity contribution in [2.75, 3.05) is 25.1 Å². The van der Waals surface area contributed by atoms with Crippen LogP contribution >= 0.6 is 0 Å². The molecule has 0 aliphatic carbocycles. The van der Waals surface area contributed by atoms with Gasteiger partial charge in [-0.2, -0.15) is 5.10 Å². The van der Waals surface area contributed by atoms with E-state index < -0.39 is 0 Å². The second kappa shape index (κ2) is 5.48. The van der Waals surface area contributed by atoms with Gasteiger partial charge in [-0.1, -0.05) is 0 Å². The van der Waals surface area contributed by atoms with Gasteiger partial charge in [0.1, 0.15) is 5.82 Å². The molecule has 0 spiro atoms. The molecule has 0 unspecified atom stereocenters. The Kier molecular flexibility index (Phi) is 4.18. The van der Waals surface area contributed by atoms with E-state index in [2.05, 4.69) is 15.5 Å². The van der Waals surface area contributed by atoms with E-state index in [9.17, 15) is 0 Å². The zero-order valence-electron chi connectivity index (χ0n) is 8.08. The quantitative estimate of drug-likeness (QED) is 0.694. The van der Waals surface area contributed by atoms with Gasteiger partial charge < -0.3 is 10.1 Å². The summed E-state index contributed by atoms with van der Waals surface area (Å²) < 4.78 is 5.17. The van der Waals surface area contributed by atoms with E-state index in [1.807, 2.05) is 19.9 Å². The van der Waals surface area contributed by atoms with Crippen LogP contribution in [0, 0.1) is 6.92 Å². The molecule has 0 saturated carbocycles. The number of rotatable bonds is 5. The van der Waals surface area contributed by atoms with Crippen LogP contribution in [0.4, 0.5) is 5.82 Å². The highest BCUT2D eigenvalue weighted by atomic mass is 16.5. The van der Waals surface area contributed by atoms with E-state index in [-0.39, 0.29) is 0 Å². The minimum Gasteiger partial charge on any atom is -0.380 e. The summed E-state index contributed by atoms with van der Waals surface area (Å²) >= 11 is 0. The highest BCUT2D eigenvalue weighted by Crippen LogP contribution is 2.01. The summed E-state index contributed by atoms with van der Waals surface area (Å²) in [5.74, 6) is 0.805. The van der Waals surface area contributed by atoms with Gasteiger partial charge in [-0.3, -0.25) is 0 Å². The zero-order chi connectivity index (χ0) is 9.52. The van der Waals surface area contributed by atoms with Gasteiger partial charge in [0, 0.05) is 13.2 Å². The van der Waals surface area contributed by atoms with Crippen molar-refractivity contribution in [3.05, 3.63) is 17.8 Å². The molecule has 0 saturated heterocycles. The number of hydrogen-bond donors (Lipinski definition) is 1. The Hall–Kier alpha value is -1.16. The first-order valence-electron chi connectivity index (χ1n) is 4.44. The van der Waals surface area contributed by atoms with Gasteiger partial charge in [-0.05, 0) is 25.5 Å². The Balaban J connectivity index is 2.28. The van der Waals surface area contributed by atoms with Crippen molar-refractivity contribution in [1.29, 1.82) is 0 Å². The Morgan fingerprint density at radius 3 is 3.08 bits per heavy atom. The summed E-state index contributed by atoms with van der Waals surface area (Å²) in [6, 6.07) is 1.96. The minimum atomic E-state index is 0.701. The van der Waals surface area contributed by atoms with Crippen molar-refractivity contribution in [1.82, 2.24) is 10.2 Å². The molecule has 0 aliphatic rings. The average Bonchev–Trinajstić information content (AvgIpc) is 2.13. The van der Waals surface area contributed by atoms with Crippen LogP contribution in [0.25, 0.3) is 0 Å². The second-order valence-electron chi connectivity index (χ2n) is 2.74. The molecule has 4 nitrogen and oxygen atoms in total. The van der Waals surface area contributed by atoms with E-state index in [1.165, 1.54) is 0 Å². The van der Waals surface area contributed by atoms with Crippen molar-refractivity contribution in [3.63, 3.8) is 0 Å². The van der Waals surface area contributed by atoms with E-state index in [4.69, 9.17) is 4.74 Å². The summed E-state index contributed by atoms with van der Waals surface area (Å²) in [5.41, 5.74) is 1.11. The van der Waals surface area contributed by atoms with Crippen molar-refractivity contribution in [2.45, 2.75) is 13.8 Å². The monoisotopic (exact) mass is 181 g/mol. The predicted molar refractivity (Wildman–Crippen MR) is 51.8 cm³/mol. The first-order valence-corrected chi connectivity index (χ1v) is 4.44. The molecule has 1 N–H and O–H groups in total. The molecule has 0 radical (unpaired) electrons. The summed E-state index contributed by atoms with van der Waals surface area (Å²) in [5, 5.41) is 10.9. The molecule has 0 aromatic carbocycles. The van der Waals surface area contributed by atoms with Crippen molar-refractivity contribution >= 4 is 5.82 Å². The summed E-state index contributed by atoms with van der Waals surface area (Å²) in [4.78, 5) is 0. The van der Waals surface area contributed by atoms with Crippen LogP contribution in [0.1, 0.15) is 12.5 Å². The third-order valence-electron chi connectivity index (χ3n) is 1.55. The standard InChI is InChI=1S/C9H15N3O/c1-3-13-5-4-10-9-6-8(2)7-11-12-9/h6-7H,3-5H2,1-2H3,(H,10,12). The topological polar surface area (TPSA) is 47.0 Å². The molecule has 13 heavy (non-hydrogen) atoms. The maximum absolute atomic E-state index is 5.17. The van der Waals surface area contributed by atoms with Crippen LogP contribution < -0.4 is 5.32 Å². The highest BCUT2D eigenvalue weighted by molar-refractivity contribution is 5.34. The molecule has 1 heterocycles. The fourth-order valence-corrected chi connectivity index (χ4v) is 0.946. The van der Waals surface area contributed by atoms with Crippen LogP contribution in [-0.2, 0) is 4.74 Å². The maximum atomic E-state index is 5.17. The Labute approximate surface area is 78.3 Å².